The summed E-state index contributed by atoms with van der Waals surface area (Å²) in [5.74, 6) is 3.44. The third-order valence-electron chi connectivity index (χ3n) is 6.05. The van der Waals surface area contributed by atoms with Crippen molar-refractivity contribution in [1.29, 1.82) is 0 Å². The molecule has 0 unspecified atom stereocenters. The monoisotopic (exact) mass is 429 g/mol. The summed E-state index contributed by atoms with van der Waals surface area (Å²) in [5.41, 5.74) is 5.99. The molecule has 32 heavy (non-hydrogen) atoms. The van der Waals surface area contributed by atoms with Gasteiger partial charge in [0.25, 0.3) is 0 Å². The molecule has 0 N–H and O–H groups in total. The van der Waals surface area contributed by atoms with Gasteiger partial charge in [0.2, 0.25) is 0 Å². The van der Waals surface area contributed by atoms with Gasteiger partial charge in [0.15, 0.2) is 11.9 Å². The lowest BCUT2D eigenvalue weighted by atomic mass is 9.92. The van der Waals surface area contributed by atoms with Gasteiger partial charge in [0.1, 0.15) is 11.4 Å². The van der Waals surface area contributed by atoms with Crippen LogP contribution in [0.1, 0.15) is 56.2 Å². The number of rotatable bonds is 6. The van der Waals surface area contributed by atoms with Crippen molar-refractivity contribution in [2.75, 3.05) is 0 Å². The Balaban J connectivity index is 2.01. The predicted molar refractivity (Wildman–Crippen MR) is 129 cm³/mol. The molecular formula is C27H33N4O+. The Labute approximate surface area is 190 Å². The minimum Gasteiger partial charge on any atom is -0.420 e. The van der Waals surface area contributed by atoms with Crippen molar-refractivity contribution in [2.45, 2.75) is 46.5 Å². The van der Waals surface area contributed by atoms with Crippen LogP contribution in [0.25, 0.3) is 17.2 Å². The summed E-state index contributed by atoms with van der Waals surface area (Å²) in [6.45, 7) is 11.1. The first-order valence-electron chi connectivity index (χ1n) is 11.2. The van der Waals surface area contributed by atoms with Gasteiger partial charge in [-0.3, -0.25) is 0 Å². The second-order valence-electron chi connectivity index (χ2n) is 9.07. The van der Waals surface area contributed by atoms with Crippen molar-refractivity contribution >= 4 is 0 Å². The number of nitrogens with zero attached hydrogens (tertiary/aromatic N) is 4. The van der Waals surface area contributed by atoms with E-state index in [1.54, 1.807) is 0 Å². The molecule has 0 atom stereocenters. The van der Waals surface area contributed by atoms with E-state index < -0.39 is 0 Å². The first kappa shape index (κ1) is 21.9. The van der Waals surface area contributed by atoms with E-state index >= 15 is 0 Å². The van der Waals surface area contributed by atoms with Crippen molar-refractivity contribution < 1.29 is 9.30 Å². The zero-order valence-electron chi connectivity index (χ0n) is 20.1. The van der Waals surface area contributed by atoms with Gasteiger partial charge in [0.05, 0.1) is 19.6 Å². The predicted octanol–water partition coefficient (Wildman–Crippen LogP) is 6.05. The number of imidazole rings is 2. The van der Waals surface area contributed by atoms with Crippen LogP contribution in [0.3, 0.4) is 0 Å². The van der Waals surface area contributed by atoms with Crippen molar-refractivity contribution in [1.82, 2.24) is 14.1 Å². The van der Waals surface area contributed by atoms with Gasteiger partial charge >= 0.3 is 11.7 Å². The van der Waals surface area contributed by atoms with Crippen molar-refractivity contribution in [3.63, 3.8) is 0 Å². The number of hydrogen-bond donors (Lipinski definition) is 0. The zero-order chi connectivity index (χ0) is 23.0. The highest BCUT2D eigenvalue weighted by atomic mass is 16.5. The number of para-hydroxylation sites is 2. The van der Waals surface area contributed by atoms with Crippen LogP contribution in [0.15, 0.2) is 61.2 Å². The van der Waals surface area contributed by atoms with Crippen LogP contribution in [0.5, 0.6) is 11.6 Å². The molecule has 5 heteroatoms. The molecule has 2 heterocycles. The van der Waals surface area contributed by atoms with Gasteiger partial charge in [-0.15, -0.1) is 0 Å². The summed E-state index contributed by atoms with van der Waals surface area (Å²) in [7, 11) is 4.08. The molecule has 4 aromatic rings. The van der Waals surface area contributed by atoms with Crippen molar-refractivity contribution in [3.8, 4) is 28.8 Å². The Kier molecular flexibility index (Phi) is 5.92. The van der Waals surface area contributed by atoms with E-state index in [2.05, 4.69) is 90.8 Å². The number of aryl methyl sites for hydroxylation is 2. The fourth-order valence-corrected chi connectivity index (χ4v) is 4.23. The normalized spacial score (nSPS) is 11.5. The minimum atomic E-state index is 0.386. The van der Waals surface area contributed by atoms with E-state index in [0.717, 1.165) is 28.7 Å². The smallest absolute Gasteiger partial charge is 0.330 e. The Morgan fingerprint density at radius 3 is 2.16 bits per heavy atom. The van der Waals surface area contributed by atoms with E-state index in [4.69, 9.17) is 4.74 Å². The van der Waals surface area contributed by atoms with Crippen LogP contribution < -0.4 is 9.30 Å². The summed E-state index contributed by atoms with van der Waals surface area (Å²) in [5, 5.41) is 0. The van der Waals surface area contributed by atoms with Crippen LogP contribution in [0.2, 0.25) is 0 Å². The molecule has 0 aliphatic heterocycles. The van der Waals surface area contributed by atoms with Crippen LogP contribution in [0.4, 0.5) is 0 Å². The van der Waals surface area contributed by atoms with E-state index in [9.17, 15) is 0 Å². The number of aromatic nitrogens is 4. The first-order valence-corrected chi connectivity index (χ1v) is 11.2. The average molecular weight is 430 g/mol. The molecular weight excluding hydrogens is 396 g/mol. The molecule has 2 aromatic heterocycles. The molecule has 0 amide bonds. The van der Waals surface area contributed by atoms with Crippen LogP contribution in [0, 0.1) is 6.92 Å². The van der Waals surface area contributed by atoms with Gasteiger partial charge in [-0.05, 0) is 30.4 Å². The van der Waals surface area contributed by atoms with Crippen molar-refractivity contribution in [3.05, 3.63) is 77.9 Å². The summed E-state index contributed by atoms with van der Waals surface area (Å²) in [6.07, 6.45) is 5.87. The Hall–Kier alpha value is -3.34. The average Bonchev–Trinajstić information content (AvgIpc) is 3.31. The second kappa shape index (κ2) is 8.65. The SMILES string of the molecule is Cc1ccccc1Oc1cn(-c2c(C(C)C)cccc2C(C)C)c(-c2cncn2C)[n+]1C. The fourth-order valence-electron chi connectivity index (χ4n) is 4.23. The Morgan fingerprint density at radius 1 is 0.938 bits per heavy atom. The van der Waals surface area contributed by atoms with Crippen LogP contribution in [-0.4, -0.2) is 14.1 Å². The molecule has 0 spiro atoms. The van der Waals surface area contributed by atoms with Gasteiger partial charge in [-0.25, -0.2) is 4.98 Å². The minimum absolute atomic E-state index is 0.386. The molecule has 2 aromatic carbocycles. The molecule has 0 fully saturated rings. The molecule has 166 valence electrons. The van der Waals surface area contributed by atoms with Gasteiger partial charge in [0, 0.05) is 18.2 Å². The molecule has 0 radical (unpaired) electrons. The lowest BCUT2D eigenvalue weighted by Gasteiger charge is -2.17. The summed E-state index contributed by atoms with van der Waals surface area (Å²) < 4.78 is 12.9. The Morgan fingerprint density at radius 2 is 1.59 bits per heavy atom. The van der Waals surface area contributed by atoms with Crippen LogP contribution >= 0.6 is 0 Å². The lowest BCUT2D eigenvalue weighted by molar-refractivity contribution is -0.664. The van der Waals surface area contributed by atoms with Crippen molar-refractivity contribution in [2.24, 2.45) is 14.1 Å². The maximum Gasteiger partial charge on any atom is 0.330 e. The van der Waals surface area contributed by atoms with E-state index in [0.29, 0.717) is 11.8 Å². The summed E-state index contributed by atoms with van der Waals surface area (Å²) >= 11 is 0. The maximum atomic E-state index is 6.43. The number of benzene rings is 2. The standard InChI is InChI=1S/C27H33N4O/c1-18(2)21-12-10-13-22(19(3)4)26(21)31-16-25(32-24-14-9-8-11-20(24)5)30(7)27(31)23-15-28-17-29(23)6/h8-19H,1-7H3/q+1. The largest absolute Gasteiger partial charge is 0.420 e. The molecule has 0 aliphatic carbocycles. The highest BCUT2D eigenvalue weighted by Crippen LogP contribution is 2.35. The molecule has 5 nitrogen and oxygen atoms in total. The lowest BCUT2D eigenvalue weighted by Crippen LogP contribution is -2.32. The van der Waals surface area contributed by atoms with Gasteiger partial charge in [-0.2, -0.15) is 9.13 Å². The summed E-state index contributed by atoms with van der Waals surface area (Å²) in [6, 6.07) is 14.8. The second-order valence-corrected chi connectivity index (χ2v) is 9.07. The van der Waals surface area contributed by atoms with E-state index in [-0.39, 0.29) is 0 Å². The molecule has 0 bridgehead atoms. The Bertz CT molecular complexity index is 1220. The molecule has 4 rings (SSSR count). The van der Waals surface area contributed by atoms with Gasteiger partial charge in [-0.1, -0.05) is 64.1 Å². The topological polar surface area (TPSA) is 35.9 Å². The highest BCUT2D eigenvalue weighted by molar-refractivity contribution is 5.58. The number of ether oxygens (including phenoxy) is 1. The molecule has 0 aliphatic rings. The van der Waals surface area contributed by atoms with E-state index in [1.165, 1.54) is 16.8 Å². The number of hydrogen-bond acceptors (Lipinski definition) is 2. The quantitative estimate of drug-likeness (QED) is 0.350. The molecule has 0 saturated carbocycles. The first-order chi connectivity index (χ1) is 15.3. The third kappa shape index (κ3) is 3.83. The van der Waals surface area contributed by atoms with Crippen LogP contribution in [-0.2, 0) is 14.1 Å². The van der Waals surface area contributed by atoms with E-state index in [1.807, 2.05) is 37.8 Å². The molecule has 0 saturated heterocycles. The summed E-state index contributed by atoms with van der Waals surface area (Å²) in [4.78, 5) is 4.39. The fraction of sp³-hybridized carbons (Fsp3) is 0.333. The van der Waals surface area contributed by atoms with Gasteiger partial charge < -0.3 is 9.30 Å². The maximum absolute atomic E-state index is 6.43. The third-order valence-corrected chi connectivity index (χ3v) is 6.05. The zero-order valence-corrected chi connectivity index (χ0v) is 20.1. The highest BCUT2D eigenvalue weighted by Gasteiger charge is 2.31.